The van der Waals surface area contributed by atoms with E-state index in [2.05, 4.69) is 5.32 Å². The average molecular weight is 399 g/mol. The molecule has 3 N–H and O–H groups in total. The van der Waals surface area contributed by atoms with E-state index in [1.807, 2.05) is 56.3 Å². The summed E-state index contributed by atoms with van der Waals surface area (Å²) in [6, 6.07) is 13.6. The second-order valence-electron chi connectivity index (χ2n) is 6.72. The minimum Gasteiger partial charge on any atom is -0.348 e. The standard InChI is InChI=1S/C19H26N2O3S.ClH/c1-14(2)13-25(23,24)10-9-19(22)21-18(12-20)17-8-7-15-5-3-4-6-16(15)11-17;/h3-8,11,14,18H,9-10,12-13,20H2,1-2H3,(H,21,22);1H. The lowest BCUT2D eigenvalue weighted by molar-refractivity contribution is -0.121. The van der Waals surface area contributed by atoms with Crippen LogP contribution < -0.4 is 11.1 Å². The molecule has 2 aromatic carbocycles. The topological polar surface area (TPSA) is 89.3 Å². The van der Waals surface area contributed by atoms with Crippen molar-refractivity contribution >= 4 is 38.9 Å². The van der Waals surface area contributed by atoms with Gasteiger partial charge in [-0.3, -0.25) is 4.79 Å². The van der Waals surface area contributed by atoms with Gasteiger partial charge in [0, 0.05) is 13.0 Å². The van der Waals surface area contributed by atoms with E-state index in [0.717, 1.165) is 16.3 Å². The van der Waals surface area contributed by atoms with Gasteiger partial charge in [0.25, 0.3) is 0 Å². The molecule has 2 aromatic rings. The van der Waals surface area contributed by atoms with Gasteiger partial charge in [-0.1, -0.05) is 50.2 Å². The molecule has 0 spiro atoms. The molecule has 0 saturated carbocycles. The molecule has 7 heteroatoms. The van der Waals surface area contributed by atoms with Crippen molar-refractivity contribution in [1.82, 2.24) is 5.32 Å². The Morgan fingerprint density at radius 3 is 2.38 bits per heavy atom. The van der Waals surface area contributed by atoms with E-state index in [-0.39, 0.29) is 54.7 Å². The summed E-state index contributed by atoms with van der Waals surface area (Å²) in [5.41, 5.74) is 6.73. The summed E-state index contributed by atoms with van der Waals surface area (Å²) in [5, 5.41) is 5.04. The maximum absolute atomic E-state index is 12.2. The quantitative estimate of drug-likeness (QED) is 0.715. The maximum atomic E-state index is 12.2. The van der Waals surface area contributed by atoms with Crippen molar-refractivity contribution in [2.45, 2.75) is 26.3 Å². The largest absolute Gasteiger partial charge is 0.348 e. The first-order valence-corrected chi connectivity index (χ1v) is 10.3. The zero-order chi connectivity index (χ0) is 18.4. The van der Waals surface area contributed by atoms with Gasteiger partial charge < -0.3 is 11.1 Å². The Hall–Kier alpha value is -1.63. The number of halogens is 1. The number of nitrogens with two attached hydrogens (primary N) is 1. The van der Waals surface area contributed by atoms with E-state index in [1.165, 1.54) is 0 Å². The zero-order valence-corrected chi connectivity index (χ0v) is 16.8. The molecule has 2 rings (SSSR count). The minimum atomic E-state index is -3.20. The van der Waals surface area contributed by atoms with Crippen molar-refractivity contribution in [1.29, 1.82) is 0 Å². The predicted octanol–water partition coefficient (Wildman–Crippen LogP) is 2.84. The van der Waals surface area contributed by atoms with Gasteiger partial charge in [-0.25, -0.2) is 8.42 Å². The van der Waals surface area contributed by atoms with E-state index < -0.39 is 9.84 Å². The average Bonchev–Trinajstić information content (AvgIpc) is 2.56. The Kier molecular flexibility index (Phi) is 8.53. The molecule has 0 heterocycles. The number of nitrogens with one attached hydrogen (secondary N) is 1. The predicted molar refractivity (Wildman–Crippen MR) is 109 cm³/mol. The summed E-state index contributed by atoms with van der Waals surface area (Å²) < 4.78 is 23.8. The first kappa shape index (κ1) is 22.4. The van der Waals surface area contributed by atoms with E-state index in [4.69, 9.17) is 5.73 Å². The Morgan fingerprint density at radius 1 is 1.12 bits per heavy atom. The van der Waals surface area contributed by atoms with Crippen LogP contribution in [0.25, 0.3) is 10.8 Å². The van der Waals surface area contributed by atoms with Crippen molar-refractivity contribution in [3.05, 3.63) is 48.0 Å². The van der Waals surface area contributed by atoms with Gasteiger partial charge in [-0.15, -0.1) is 12.4 Å². The molecular formula is C19H27ClN2O3S. The third-order valence-electron chi connectivity index (χ3n) is 3.97. The van der Waals surface area contributed by atoms with Crippen LogP contribution in [0.1, 0.15) is 31.9 Å². The van der Waals surface area contributed by atoms with Crippen LogP contribution in [0.15, 0.2) is 42.5 Å². The first-order valence-electron chi connectivity index (χ1n) is 8.49. The highest BCUT2D eigenvalue weighted by molar-refractivity contribution is 7.91. The number of hydrogen-bond acceptors (Lipinski definition) is 4. The SMILES string of the molecule is CC(C)CS(=O)(=O)CCC(=O)NC(CN)c1ccc2ccccc2c1.Cl. The van der Waals surface area contributed by atoms with Gasteiger partial charge in [0.2, 0.25) is 5.91 Å². The highest BCUT2D eigenvalue weighted by Crippen LogP contribution is 2.20. The molecule has 0 aliphatic carbocycles. The molecule has 1 unspecified atom stereocenters. The summed E-state index contributed by atoms with van der Waals surface area (Å²) in [5.74, 6) is -0.268. The molecular weight excluding hydrogens is 372 g/mol. The molecule has 144 valence electrons. The van der Waals surface area contributed by atoms with Crippen LogP contribution >= 0.6 is 12.4 Å². The summed E-state index contributed by atoms with van der Waals surface area (Å²) in [7, 11) is -3.20. The third-order valence-corrected chi connectivity index (χ3v) is 5.97. The van der Waals surface area contributed by atoms with Crippen molar-refractivity contribution in [2.75, 3.05) is 18.1 Å². The van der Waals surface area contributed by atoms with E-state index in [9.17, 15) is 13.2 Å². The number of fused-ring (bicyclic) bond motifs is 1. The van der Waals surface area contributed by atoms with E-state index in [0.29, 0.717) is 0 Å². The van der Waals surface area contributed by atoms with Crippen molar-refractivity contribution in [3.8, 4) is 0 Å². The number of rotatable bonds is 8. The Labute approximate surface area is 161 Å². The molecule has 1 amide bonds. The monoisotopic (exact) mass is 398 g/mol. The Balaban J connectivity index is 0.00000338. The van der Waals surface area contributed by atoms with Crippen LogP contribution in [-0.2, 0) is 14.6 Å². The van der Waals surface area contributed by atoms with Gasteiger partial charge in [-0.2, -0.15) is 0 Å². The number of hydrogen-bond donors (Lipinski definition) is 2. The summed E-state index contributed by atoms with van der Waals surface area (Å²) in [6.07, 6.45) is -0.0425. The van der Waals surface area contributed by atoms with Crippen LogP contribution in [-0.4, -0.2) is 32.4 Å². The molecule has 0 bridgehead atoms. The second kappa shape index (κ2) is 9.90. The fourth-order valence-corrected chi connectivity index (χ4v) is 4.49. The summed E-state index contributed by atoms with van der Waals surface area (Å²) in [4.78, 5) is 12.2. The van der Waals surface area contributed by atoms with Gasteiger partial charge in [-0.05, 0) is 28.3 Å². The molecule has 0 radical (unpaired) electrons. The molecule has 0 saturated heterocycles. The number of benzene rings is 2. The minimum absolute atomic E-state index is 0. The highest BCUT2D eigenvalue weighted by atomic mass is 35.5. The smallest absolute Gasteiger partial charge is 0.221 e. The lowest BCUT2D eigenvalue weighted by atomic mass is 10.0. The molecule has 0 aromatic heterocycles. The number of carbonyl (C=O) groups excluding carboxylic acids is 1. The van der Waals surface area contributed by atoms with Crippen LogP contribution in [0, 0.1) is 5.92 Å². The normalized spacial score (nSPS) is 12.6. The number of amides is 1. The van der Waals surface area contributed by atoms with Crippen LogP contribution in [0.5, 0.6) is 0 Å². The second-order valence-corrected chi connectivity index (χ2v) is 8.95. The van der Waals surface area contributed by atoms with Crippen LogP contribution in [0.3, 0.4) is 0 Å². The number of carbonyl (C=O) groups is 1. The van der Waals surface area contributed by atoms with Crippen molar-refractivity contribution < 1.29 is 13.2 Å². The Morgan fingerprint density at radius 2 is 1.77 bits per heavy atom. The lowest BCUT2D eigenvalue weighted by Gasteiger charge is -2.18. The van der Waals surface area contributed by atoms with E-state index in [1.54, 1.807) is 0 Å². The molecule has 0 aliphatic rings. The maximum Gasteiger partial charge on any atom is 0.221 e. The zero-order valence-electron chi connectivity index (χ0n) is 15.1. The number of sulfone groups is 1. The van der Waals surface area contributed by atoms with Gasteiger partial charge in [0.1, 0.15) is 0 Å². The summed E-state index contributed by atoms with van der Waals surface area (Å²) >= 11 is 0. The van der Waals surface area contributed by atoms with Gasteiger partial charge in [0.15, 0.2) is 9.84 Å². The summed E-state index contributed by atoms with van der Waals surface area (Å²) in [6.45, 7) is 3.95. The fourth-order valence-electron chi connectivity index (χ4n) is 2.81. The molecule has 0 aliphatic heterocycles. The lowest BCUT2D eigenvalue weighted by Crippen LogP contribution is -2.34. The van der Waals surface area contributed by atoms with Crippen molar-refractivity contribution in [3.63, 3.8) is 0 Å². The van der Waals surface area contributed by atoms with Crippen LogP contribution in [0.2, 0.25) is 0 Å². The highest BCUT2D eigenvalue weighted by Gasteiger charge is 2.18. The first-order chi connectivity index (χ1) is 11.8. The van der Waals surface area contributed by atoms with Gasteiger partial charge >= 0.3 is 0 Å². The van der Waals surface area contributed by atoms with Crippen molar-refractivity contribution in [2.24, 2.45) is 11.7 Å². The fraction of sp³-hybridized carbons (Fsp3) is 0.421. The van der Waals surface area contributed by atoms with E-state index >= 15 is 0 Å². The molecule has 26 heavy (non-hydrogen) atoms. The Bertz CT molecular complexity index is 838. The third kappa shape index (κ3) is 6.59. The van der Waals surface area contributed by atoms with Gasteiger partial charge in [0.05, 0.1) is 17.5 Å². The molecule has 0 fully saturated rings. The van der Waals surface area contributed by atoms with Crippen LogP contribution in [0.4, 0.5) is 0 Å². The molecule has 5 nitrogen and oxygen atoms in total. The molecule has 1 atom stereocenters.